The molecular weight excluding hydrogens is 348 g/mol. The fourth-order valence-electron chi connectivity index (χ4n) is 2.11. The maximum atomic E-state index is 12.4. The highest BCUT2D eigenvalue weighted by Gasteiger charge is 2.15. The van der Waals surface area contributed by atoms with Crippen molar-refractivity contribution in [1.82, 2.24) is 0 Å². The van der Waals surface area contributed by atoms with E-state index in [0.29, 0.717) is 17.0 Å². The monoisotopic (exact) mass is 364 g/mol. The van der Waals surface area contributed by atoms with Gasteiger partial charge in [0, 0.05) is 16.5 Å². The Bertz CT molecular complexity index is 654. The largest absolute Gasteiger partial charge is 0.294 e. The number of hydrogen-bond donors (Lipinski definition) is 0. The summed E-state index contributed by atoms with van der Waals surface area (Å²) in [6.07, 6.45) is 0.362. The van der Waals surface area contributed by atoms with Gasteiger partial charge in [-0.05, 0) is 34.7 Å². The molecule has 0 aromatic heterocycles. The summed E-state index contributed by atoms with van der Waals surface area (Å²) in [5.74, 6) is 0.0322. The van der Waals surface area contributed by atoms with Crippen molar-refractivity contribution in [3.05, 3.63) is 68.7 Å². The standard InChI is InChI=1S/C18H18BrClO/c1-18(2,3)13-6-4-12(5-7-13)10-17(21)15-11-14(19)8-9-16(15)20/h4-9,11H,10H2,1-3H3. The van der Waals surface area contributed by atoms with E-state index in [1.54, 1.807) is 12.1 Å². The summed E-state index contributed by atoms with van der Waals surface area (Å²) in [5.41, 5.74) is 2.95. The molecule has 110 valence electrons. The van der Waals surface area contributed by atoms with Crippen LogP contribution in [0.15, 0.2) is 46.9 Å². The van der Waals surface area contributed by atoms with Crippen molar-refractivity contribution in [2.75, 3.05) is 0 Å². The lowest BCUT2D eigenvalue weighted by atomic mass is 9.86. The van der Waals surface area contributed by atoms with E-state index >= 15 is 0 Å². The van der Waals surface area contributed by atoms with Crippen molar-refractivity contribution in [1.29, 1.82) is 0 Å². The van der Waals surface area contributed by atoms with E-state index in [2.05, 4.69) is 48.8 Å². The van der Waals surface area contributed by atoms with Gasteiger partial charge in [0.05, 0.1) is 5.02 Å². The van der Waals surface area contributed by atoms with Gasteiger partial charge in [-0.15, -0.1) is 0 Å². The van der Waals surface area contributed by atoms with Crippen molar-refractivity contribution in [2.24, 2.45) is 0 Å². The van der Waals surface area contributed by atoms with Crippen molar-refractivity contribution in [3.63, 3.8) is 0 Å². The molecule has 0 radical (unpaired) electrons. The molecule has 0 aliphatic heterocycles. The second-order valence-electron chi connectivity index (χ2n) is 6.17. The smallest absolute Gasteiger partial charge is 0.168 e. The first kappa shape index (κ1) is 16.3. The molecule has 0 heterocycles. The maximum absolute atomic E-state index is 12.4. The van der Waals surface area contributed by atoms with Crippen LogP contribution in [0.5, 0.6) is 0 Å². The summed E-state index contributed by atoms with van der Waals surface area (Å²) >= 11 is 9.47. The molecule has 2 rings (SSSR count). The zero-order valence-corrected chi connectivity index (χ0v) is 14.8. The number of hydrogen-bond acceptors (Lipinski definition) is 1. The Kier molecular flexibility index (Phi) is 4.90. The Labute approximate surface area is 139 Å². The average molecular weight is 366 g/mol. The third kappa shape index (κ3) is 4.18. The van der Waals surface area contributed by atoms with Gasteiger partial charge in [0.1, 0.15) is 0 Å². The summed E-state index contributed by atoms with van der Waals surface area (Å²) in [6.45, 7) is 6.53. The fraction of sp³-hybridized carbons (Fsp3) is 0.278. The lowest BCUT2D eigenvalue weighted by Crippen LogP contribution is -2.11. The molecule has 1 nitrogen and oxygen atoms in total. The summed E-state index contributed by atoms with van der Waals surface area (Å²) < 4.78 is 0.860. The molecule has 0 atom stereocenters. The molecule has 0 N–H and O–H groups in total. The maximum Gasteiger partial charge on any atom is 0.168 e. The SMILES string of the molecule is CC(C)(C)c1ccc(CC(=O)c2cc(Br)ccc2Cl)cc1. The Morgan fingerprint density at radius 3 is 2.29 bits per heavy atom. The number of Topliss-reactive ketones (excluding diaryl/α,β-unsaturated/α-hetero) is 1. The number of ketones is 1. The van der Waals surface area contributed by atoms with Crippen LogP contribution in [-0.2, 0) is 11.8 Å². The van der Waals surface area contributed by atoms with Crippen LogP contribution in [-0.4, -0.2) is 5.78 Å². The molecule has 3 heteroatoms. The molecule has 0 amide bonds. The molecule has 0 aliphatic rings. The van der Waals surface area contributed by atoms with Crippen LogP contribution in [0.1, 0.15) is 42.3 Å². The molecule has 2 aromatic rings. The number of halogens is 2. The van der Waals surface area contributed by atoms with Crippen molar-refractivity contribution in [3.8, 4) is 0 Å². The predicted octanol–water partition coefficient (Wildman–Crippen LogP) is 5.83. The first-order valence-electron chi connectivity index (χ1n) is 6.85. The Balaban J connectivity index is 2.18. The molecule has 0 saturated carbocycles. The van der Waals surface area contributed by atoms with E-state index in [-0.39, 0.29) is 11.2 Å². The molecule has 0 unspecified atom stereocenters. The van der Waals surface area contributed by atoms with E-state index in [9.17, 15) is 4.79 Å². The first-order chi connectivity index (χ1) is 9.77. The number of carbonyl (C=O) groups excluding carboxylic acids is 1. The van der Waals surface area contributed by atoms with Gasteiger partial charge in [0.2, 0.25) is 0 Å². The van der Waals surface area contributed by atoms with Gasteiger partial charge in [-0.1, -0.05) is 72.6 Å². The van der Waals surface area contributed by atoms with Crippen molar-refractivity contribution in [2.45, 2.75) is 32.6 Å². The molecule has 0 spiro atoms. The summed E-state index contributed by atoms with van der Waals surface area (Å²) in [5, 5.41) is 0.495. The van der Waals surface area contributed by atoms with Gasteiger partial charge in [-0.3, -0.25) is 4.79 Å². The molecule has 0 aliphatic carbocycles. The second kappa shape index (κ2) is 6.33. The number of carbonyl (C=O) groups is 1. The van der Waals surface area contributed by atoms with Crippen molar-refractivity contribution >= 4 is 33.3 Å². The predicted molar refractivity (Wildman–Crippen MR) is 92.3 cm³/mol. The zero-order valence-electron chi connectivity index (χ0n) is 12.4. The van der Waals surface area contributed by atoms with E-state index in [0.717, 1.165) is 10.0 Å². The topological polar surface area (TPSA) is 17.1 Å². The van der Waals surface area contributed by atoms with Crippen LogP contribution < -0.4 is 0 Å². The first-order valence-corrected chi connectivity index (χ1v) is 8.02. The van der Waals surface area contributed by atoms with Gasteiger partial charge in [-0.25, -0.2) is 0 Å². The van der Waals surface area contributed by atoms with Gasteiger partial charge in [0.15, 0.2) is 5.78 Å². The van der Waals surface area contributed by atoms with Crippen LogP contribution in [0.4, 0.5) is 0 Å². The minimum absolute atomic E-state index is 0.0322. The van der Waals surface area contributed by atoms with E-state index < -0.39 is 0 Å². The quantitative estimate of drug-likeness (QED) is 0.626. The minimum atomic E-state index is 0.0322. The molecular formula is C18H18BrClO. The van der Waals surface area contributed by atoms with Gasteiger partial charge < -0.3 is 0 Å². The number of benzene rings is 2. The Hall–Kier alpha value is -1.12. The lowest BCUT2D eigenvalue weighted by molar-refractivity contribution is 0.0993. The van der Waals surface area contributed by atoms with Crippen molar-refractivity contribution < 1.29 is 4.79 Å². The fourth-order valence-corrected chi connectivity index (χ4v) is 2.70. The van der Waals surface area contributed by atoms with Gasteiger partial charge in [0.25, 0.3) is 0 Å². The van der Waals surface area contributed by atoms with Gasteiger partial charge in [-0.2, -0.15) is 0 Å². The summed E-state index contributed by atoms with van der Waals surface area (Å²) in [7, 11) is 0. The third-order valence-corrected chi connectivity index (χ3v) is 4.24. The molecule has 0 saturated heterocycles. The van der Waals surface area contributed by atoms with Gasteiger partial charge >= 0.3 is 0 Å². The van der Waals surface area contributed by atoms with Crippen LogP contribution >= 0.6 is 27.5 Å². The highest BCUT2D eigenvalue weighted by atomic mass is 79.9. The number of rotatable bonds is 3. The third-order valence-electron chi connectivity index (χ3n) is 3.41. The molecule has 0 bridgehead atoms. The summed E-state index contributed by atoms with van der Waals surface area (Å²) in [6, 6.07) is 13.6. The van der Waals surface area contributed by atoms with Crippen LogP contribution in [0.3, 0.4) is 0 Å². The minimum Gasteiger partial charge on any atom is -0.294 e. The van der Waals surface area contributed by atoms with E-state index in [1.807, 2.05) is 18.2 Å². The second-order valence-corrected chi connectivity index (χ2v) is 7.49. The Morgan fingerprint density at radius 1 is 1.10 bits per heavy atom. The normalized spacial score (nSPS) is 11.5. The average Bonchev–Trinajstić information content (AvgIpc) is 2.41. The Morgan fingerprint density at radius 2 is 1.71 bits per heavy atom. The van der Waals surface area contributed by atoms with Crippen LogP contribution in [0.25, 0.3) is 0 Å². The molecule has 0 fully saturated rings. The lowest BCUT2D eigenvalue weighted by Gasteiger charge is -2.19. The highest BCUT2D eigenvalue weighted by molar-refractivity contribution is 9.10. The van der Waals surface area contributed by atoms with E-state index in [4.69, 9.17) is 11.6 Å². The molecule has 2 aromatic carbocycles. The van der Waals surface area contributed by atoms with E-state index in [1.165, 1.54) is 5.56 Å². The highest BCUT2D eigenvalue weighted by Crippen LogP contribution is 2.24. The van der Waals surface area contributed by atoms with Crippen LogP contribution in [0, 0.1) is 0 Å². The zero-order chi connectivity index (χ0) is 15.6. The summed E-state index contributed by atoms with van der Waals surface area (Å²) in [4.78, 5) is 12.4. The molecule has 21 heavy (non-hydrogen) atoms. The van der Waals surface area contributed by atoms with Crippen LogP contribution in [0.2, 0.25) is 5.02 Å².